The summed E-state index contributed by atoms with van der Waals surface area (Å²) < 4.78 is 0. The molecule has 394 valence electrons. The third-order valence-electron chi connectivity index (χ3n) is 10.5. The van der Waals surface area contributed by atoms with Crippen LogP contribution in [0, 0.1) is 11.8 Å². The van der Waals surface area contributed by atoms with Gasteiger partial charge in [-0.2, -0.15) is 23.5 Å². The smallest absolute Gasteiger partial charge is 0.326 e. The zero-order valence-corrected chi connectivity index (χ0v) is 42.4. The van der Waals surface area contributed by atoms with E-state index in [1.165, 1.54) is 23.5 Å². The van der Waals surface area contributed by atoms with E-state index < -0.39 is 133 Å². The molecule has 0 spiro atoms. The first kappa shape index (κ1) is 62.5. The van der Waals surface area contributed by atoms with Crippen molar-refractivity contribution in [1.29, 1.82) is 0 Å². The van der Waals surface area contributed by atoms with Crippen LogP contribution in [0.2, 0.25) is 0 Å². The van der Waals surface area contributed by atoms with Crippen molar-refractivity contribution in [2.45, 2.75) is 127 Å². The van der Waals surface area contributed by atoms with Crippen LogP contribution in [0.1, 0.15) is 78.2 Å². The highest BCUT2D eigenvalue weighted by molar-refractivity contribution is 7.98. The summed E-state index contributed by atoms with van der Waals surface area (Å²) in [5.41, 5.74) is 12.1. The minimum atomic E-state index is -1.54. The number of carboxylic acid groups (broad SMARTS) is 2. The Labute approximate surface area is 417 Å². The number of thioether (sulfide) groups is 2. The van der Waals surface area contributed by atoms with Crippen LogP contribution in [0.3, 0.4) is 0 Å². The van der Waals surface area contributed by atoms with Gasteiger partial charge in [-0.05, 0) is 86.5 Å². The van der Waals surface area contributed by atoms with E-state index in [0.29, 0.717) is 29.9 Å². The van der Waals surface area contributed by atoms with Crippen LogP contribution in [0.25, 0.3) is 0 Å². The molecule has 1 rings (SSSR count). The Balaban J connectivity index is 3.28. The van der Waals surface area contributed by atoms with Crippen molar-refractivity contribution in [2.24, 2.45) is 23.3 Å². The molecule has 0 aliphatic heterocycles. The molecule has 0 fully saturated rings. The van der Waals surface area contributed by atoms with E-state index in [2.05, 4.69) is 42.5 Å². The van der Waals surface area contributed by atoms with Gasteiger partial charge >= 0.3 is 11.9 Å². The molecule has 0 aliphatic rings. The number of carboxylic acids is 2. The monoisotopic (exact) mass is 1030 g/mol. The Bertz CT molecular complexity index is 1880. The van der Waals surface area contributed by atoms with Crippen LogP contribution in [0.4, 0.5) is 0 Å². The summed E-state index contributed by atoms with van der Waals surface area (Å²) in [5, 5.41) is 48.7. The molecule has 8 atom stereocenters. The van der Waals surface area contributed by atoms with Gasteiger partial charge in [0.25, 0.3) is 0 Å². The highest BCUT2D eigenvalue weighted by Gasteiger charge is 2.34. The molecule has 0 saturated carbocycles. The summed E-state index contributed by atoms with van der Waals surface area (Å²) in [6, 6.07) is -1.81. The summed E-state index contributed by atoms with van der Waals surface area (Å²) in [6.45, 7) is 5.55. The average molecular weight is 1030 g/mol. The van der Waals surface area contributed by atoms with Crippen molar-refractivity contribution in [3.63, 3.8) is 0 Å². The van der Waals surface area contributed by atoms with Crippen LogP contribution in [-0.2, 0) is 54.4 Å². The fourth-order valence-corrected chi connectivity index (χ4v) is 7.62. The topological polar surface area (TPSA) is 380 Å². The molecule has 0 bridgehead atoms. The van der Waals surface area contributed by atoms with Gasteiger partial charge in [-0.25, -0.2) is 4.79 Å². The van der Waals surface area contributed by atoms with Gasteiger partial charge in [-0.15, -0.1) is 0 Å². The van der Waals surface area contributed by atoms with Crippen molar-refractivity contribution in [3.8, 4) is 0 Å². The summed E-state index contributed by atoms with van der Waals surface area (Å²) in [7, 11) is 0. The number of carbonyl (C=O) groups excluding carboxylic acids is 8. The lowest BCUT2D eigenvalue weighted by atomic mass is 10.00. The summed E-state index contributed by atoms with van der Waals surface area (Å²) in [6.07, 6.45) is 4.02. The van der Waals surface area contributed by atoms with E-state index in [0.717, 1.165) is 0 Å². The number of benzene rings is 1. The summed E-state index contributed by atoms with van der Waals surface area (Å²) in [5.74, 6) is -9.05. The van der Waals surface area contributed by atoms with Gasteiger partial charge in [-0.1, -0.05) is 58.0 Å². The average Bonchev–Trinajstić information content (AvgIpc) is 3.30. The summed E-state index contributed by atoms with van der Waals surface area (Å²) >= 11 is 2.75. The second-order valence-electron chi connectivity index (χ2n) is 17.3. The second kappa shape index (κ2) is 33.9. The van der Waals surface area contributed by atoms with Gasteiger partial charge in [-0.3, -0.25) is 43.2 Å². The maximum absolute atomic E-state index is 14.1. The Morgan fingerprint density at radius 1 is 0.600 bits per heavy atom. The molecule has 8 amide bonds. The Morgan fingerprint density at radius 3 is 1.64 bits per heavy atom. The van der Waals surface area contributed by atoms with Crippen molar-refractivity contribution in [3.05, 3.63) is 35.9 Å². The van der Waals surface area contributed by atoms with E-state index in [9.17, 15) is 58.2 Å². The lowest BCUT2D eigenvalue weighted by Crippen LogP contribution is -2.60. The first-order valence-corrected chi connectivity index (χ1v) is 25.8. The number of aliphatic hydroxyl groups excluding tert-OH is 1. The van der Waals surface area contributed by atoms with Crippen molar-refractivity contribution < 1.29 is 63.3 Å². The van der Waals surface area contributed by atoms with E-state index in [1.54, 1.807) is 70.5 Å². The Kier molecular flexibility index (Phi) is 30.3. The van der Waals surface area contributed by atoms with E-state index in [1.807, 2.05) is 0 Å². The number of aliphatic hydroxyl groups is 1. The zero-order chi connectivity index (χ0) is 52.9. The number of nitrogens with one attached hydrogen (secondary N) is 8. The normalized spacial score (nSPS) is 14.6. The lowest BCUT2D eigenvalue weighted by molar-refractivity contribution is -0.142. The Hall–Kier alpha value is -5.50. The molecule has 1 aromatic rings. The predicted molar refractivity (Wildman–Crippen MR) is 265 cm³/mol. The molecule has 23 nitrogen and oxygen atoms in total. The van der Waals surface area contributed by atoms with E-state index in [-0.39, 0.29) is 44.6 Å². The molecular formula is C45H74N10O13S2. The number of rotatable bonds is 35. The first-order chi connectivity index (χ1) is 33.1. The predicted octanol–water partition coefficient (Wildman–Crippen LogP) is -2.04. The van der Waals surface area contributed by atoms with Crippen molar-refractivity contribution >= 4 is 82.7 Å². The number of unbranched alkanes of at least 4 members (excludes halogenated alkanes) is 1. The quantitative estimate of drug-likeness (QED) is 0.0326. The van der Waals surface area contributed by atoms with Gasteiger partial charge < -0.3 is 69.3 Å². The number of aliphatic carboxylic acids is 2. The fraction of sp³-hybridized carbons (Fsp3) is 0.644. The third-order valence-corrected chi connectivity index (χ3v) is 11.8. The largest absolute Gasteiger partial charge is 0.481 e. The Morgan fingerprint density at radius 2 is 1.11 bits per heavy atom. The van der Waals surface area contributed by atoms with E-state index >= 15 is 0 Å². The zero-order valence-electron chi connectivity index (χ0n) is 40.7. The standard InChI is InChI=1S/C45H74N10O13S2/c1-25(2)20-32(41(63)54-34(24-56)43(65)52-31(45(67)68)16-19-70-6)49-35(57)23-48-39(61)29(14-10-11-17-46)50-40(62)30(15-18-69-5)51-42(64)33(21-27-12-8-7-9-13-27)53-44(66)37(26(3)4)55-38(60)28(47)22-36(58)59/h7-9,12-13,25-26,28-34,37,56H,10-11,14-24,46-47H2,1-6H3,(H,48,61)(H,49,57)(H,50,62)(H,51,64)(H,52,65)(H,53,66)(H,54,63)(H,55,60)(H,58,59)(H,67,68)/t28-,29-,30-,31-,32-,33-,34-,37-/m0/s1. The maximum Gasteiger partial charge on any atom is 0.326 e. The number of hydrogen-bond acceptors (Lipinski definition) is 15. The fourth-order valence-electron chi connectivity index (χ4n) is 6.68. The minimum Gasteiger partial charge on any atom is -0.481 e. The van der Waals surface area contributed by atoms with Gasteiger partial charge in [0.05, 0.1) is 25.6 Å². The van der Waals surface area contributed by atoms with Crippen LogP contribution >= 0.6 is 23.5 Å². The highest BCUT2D eigenvalue weighted by Crippen LogP contribution is 2.11. The van der Waals surface area contributed by atoms with Gasteiger partial charge in [0.2, 0.25) is 47.3 Å². The molecule has 0 aliphatic carbocycles. The first-order valence-electron chi connectivity index (χ1n) is 23.0. The molecule has 25 heteroatoms. The van der Waals surface area contributed by atoms with Gasteiger partial charge in [0.15, 0.2) is 0 Å². The van der Waals surface area contributed by atoms with Crippen LogP contribution < -0.4 is 54.0 Å². The third kappa shape index (κ3) is 24.4. The van der Waals surface area contributed by atoms with Crippen molar-refractivity contribution in [1.82, 2.24) is 42.5 Å². The van der Waals surface area contributed by atoms with Gasteiger partial charge in [0.1, 0.15) is 42.3 Å². The molecule has 70 heavy (non-hydrogen) atoms. The number of hydrogen-bond donors (Lipinski definition) is 13. The SMILES string of the molecule is CSCC[C@H](NC(=O)[C@H](CO)NC(=O)[C@H](CC(C)C)NC(=O)CNC(=O)[C@H](CCCCN)NC(=O)[C@H](CCSC)NC(=O)[C@H](Cc1ccccc1)NC(=O)[C@@H](NC(=O)[C@@H](N)CC(=O)O)C(C)C)C(=O)O. The van der Waals surface area contributed by atoms with Crippen LogP contribution in [0.5, 0.6) is 0 Å². The molecule has 15 N–H and O–H groups in total. The minimum absolute atomic E-state index is 0.0402. The van der Waals surface area contributed by atoms with E-state index in [4.69, 9.17) is 16.6 Å². The number of amides is 8. The highest BCUT2D eigenvalue weighted by atomic mass is 32.2. The molecule has 1 aromatic carbocycles. The molecule has 0 aromatic heterocycles. The van der Waals surface area contributed by atoms with Crippen LogP contribution in [0.15, 0.2) is 30.3 Å². The molecular weight excluding hydrogens is 953 g/mol. The molecule has 0 unspecified atom stereocenters. The molecule has 0 saturated heterocycles. The molecule has 0 radical (unpaired) electrons. The second-order valence-corrected chi connectivity index (χ2v) is 19.2. The maximum atomic E-state index is 14.1. The van der Waals surface area contributed by atoms with Crippen LogP contribution in [-0.4, -0.2) is 167 Å². The lowest BCUT2D eigenvalue weighted by Gasteiger charge is -2.28. The van der Waals surface area contributed by atoms with Crippen molar-refractivity contribution in [2.75, 3.05) is 43.7 Å². The number of carbonyl (C=O) groups is 10. The van der Waals surface area contributed by atoms with Gasteiger partial charge in [0, 0.05) is 6.42 Å². The molecule has 0 heterocycles. The number of nitrogens with two attached hydrogens (primary N) is 2. The summed E-state index contributed by atoms with van der Waals surface area (Å²) in [4.78, 5) is 131.